The first-order valence-electron chi connectivity index (χ1n) is 6.48. The van der Waals surface area contributed by atoms with Crippen LogP contribution >= 0.6 is 11.8 Å². The number of ether oxygens (including phenoxy) is 1. The van der Waals surface area contributed by atoms with Gasteiger partial charge in [0.2, 0.25) is 0 Å². The van der Waals surface area contributed by atoms with Crippen molar-refractivity contribution in [2.75, 3.05) is 12.3 Å². The quantitative estimate of drug-likeness (QED) is 0.851. The fraction of sp³-hybridized carbons (Fsp3) is 0.500. The predicted molar refractivity (Wildman–Crippen MR) is 72.9 cm³/mol. The van der Waals surface area contributed by atoms with Crippen molar-refractivity contribution in [2.24, 2.45) is 0 Å². The lowest BCUT2D eigenvalue weighted by molar-refractivity contribution is -0.138. The highest BCUT2D eigenvalue weighted by atomic mass is 32.2. The van der Waals surface area contributed by atoms with Crippen LogP contribution in [0.3, 0.4) is 0 Å². The Hall–Kier alpha value is -1.23. The van der Waals surface area contributed by atoms with Gasteiger partial charge in [-0.25, -0.2) is 4.39 Å². The number of benzene rings is 1. The van der Waals surface area contributed by atoms with Gasteiger partial charge < -0.3 is 9.64 Å². The third kappa shape index (κ3) is 2.43. The van der Waals surface area contributed by atoms with Crippen LogP contribution in [0.4, 0.5) is 4.39 Å². The molecule has 2 aliphatic rings. The van der Waals surface area contributed by atoms with Crippen molar-refractivity contribution in [2.45, 2.75) is 30.7 Å². The van der Waals surface area contributed by atoms with Gasteiger partial charge in [-0.05, 0) is 25.5 Å². The molecule has 0 saturated carbocycles. The van der Waals surface area contributed by atoms with Crippen molar-refractivity contribution in [1.29, 1.82) is 0 Å². The summed E-state index contributed by atoms with van der Waals surface area (Å²) in [6.45, 7) is 2.49. The summed E-state index contributed by atoms with van der Waals surface area (Å²) in [5, 5.41) is 0.578. The minimum absolute atomic E-state index is 0.0314. The molecule has 1 aromatic rings. The number of nitrogens with zero attached hydrogens (tertiary/aromatic N) is 1. The molecule has 0 aromatic heterocycles. The van der Waals surface area contributed by atoms with Crippen molar-refractivity contribution >= 4 is 17.7 Å². The van der Waals surface area contributed by atoms with Gasteiger partial charge in [-0.15, -0.1) is 0 Å². The monoisotopic (exact) mass is 281 g/mol. The molecule has 3 nitrogen and oxygen atoms in total. The Morgan fingerprint density at radius 3 is 2.95 bits per heavy atom. The van der Waals surface area contributed by atoms with E-state index < -0.39 is 11.9 Å². The van der Waals surface area contributed by atoms with Gasteiger partial charge in [0, 0.05) is 23.6 Å². The standard InChI is InChI=1S/C14H16FNO2S/c1-9(18-13-5-3-2-4-12(13)15)14(17)16-7-11-6-10(16)8-19-11/h2-5,9-11H,6-8H2,1H3/t9-,10-,11+/m0/s1. The molecule has 0 unspecified atom stereocenters. The Bertz CT molecular complexity index is 496. The zero-order chi connectivity index (χ0) is 13.4. The van der Waals surface area contributed by atoms with Crippen molar-refractivity contribution in [1.82, 2.24) is 4.90 Å². The van der Waals surface area contributed by atoms with Crippen LogP contribution in [-0.4, -0.2) is 40.5 Å². The van der Waals surface area contributed by atoms with Crippen LogP contribution in [0.5, 0.6) is 5.75 Å². The lowest BCUT2D eigenvalue weighted by Gasteiger charge is -2.29. The zero-order valence-electron chi connectivity index (χ0n) is 10.7. The summed E-state index contributed by atoms with van der Waals surface area (Å²) in [4.78, 5) is 14.2. The summed E-state index contributed by atoms with van der Waals surface area (Å²) in [7, 11) is 0. The van der Waals surface area contributed by atoms with Crippen LogP contribution in [-0.2, 0) is 4.79 Å². The third-order valence-corrected chi connectivity index (χ3v) is 5.06. The summed E-state index contributed by atoms with van der Waals surface area (Å²) in [5.74, 6) is 0.696. The molecule has 0 N–H and O–H groups in total. The van der Waals surface area contributed by atoms with Gasteiger partial charge in [0.15, 0.2) is 17.7 Å². The van der Waals surface area contributed by atoms with Crippen LogP contribution in [0.1, 0.15) is 13.3 Å². The van der Waals surface area contributed by atoms with Crippen LogP contribution < -0.4 is 4.74 Å². The highest BCUT2D eigenvalue weighted by Gasteiger charge is 2.42. The molecule has 2 aliphatic heterocycles. The molecule has 19 heavy (non-hydrogen) atoms. The van der Waals surface area contributed by atoms with E-state index in [1.807, 2.05) is 16.7 Å². The van der Waals surface area contributed by atoms with Gasteiger partial charge >= 0.3 is 0 Å². The molecular weight excluding hydrogens is 265 g/mol. The molecule has 2 bridgehead atoms. The van der Waals surface area contributed by atoms with Crippen LogP contribution in [0.2, 0.25) is 0 Å². The molecule has 0 spiro atoms. The number of carbonyl (C=O) groups excluding carboxylic acids is 1. The van der Waals surface area contributed by atoms with E-state index in [1.165, 1.54) is 6.07 Å². The predicted octanol–water partition coefficient (Wildman–Crippen LogP) is 2.31. The number of thioether (sulfide) groups is 1. The van der Waals surface area contributed by atoms with Crippen molar-refractivity contribution < 1.29 is 13.9 Å². The van der Waals surface area contributed by atoms with Crippen molar-refractivity contribution in [3.05, 3.63) is 30.1 Å². The van der Waals surface area contributed by atoms with Gasteiger partial charge in [-0.3, -0.25) is 4.79 Å². The summed E-state index contributed by atoms with van der Waals surface area (Å²) < 4.78 is 18.9. The van der Waals surface area contributed by atoms with E-state index in [1.54, 1.807) is 25.1 Å². The summed E-state index contributed by atoms with van der Waals surface area (Å²) in [5.41, 5.74) is 0. The maximum Gasteiger partial charge on any atom is 0.263 e. The average Bonchev–Trinajstić information content (AvgIpc) is 3.03. The minimum Gasteiger partial charge on any atom is -0.478 e. The number of para-hydroxylation sites is 1. The maximum atomic E-state index is 13.5. The molecule has 2 heterocycles. The molecule has 1 amide bonds. The van der Waals surface area contributed by atoms with E-state index >= 15 is 0 Å². The zero-order valence-corrected chi connectivity index (χ0v) is 11.5. The highest BCUT2D eigenvalue weighted by Crippen LogP contribution is 2.37. The second kappa shape index (κ2) is 5.04. The van der Waals surface area contributed by atoms with Crippen LogP contribution in [0.25, 0.3) is 0 Å². The number of amides is 1. The number of likely N-dealkylation sites (tertiary alicyclic amines) is 1. The van der Waals surface area contributed by atoms with Gasteiger partial charge in [0.25, 0.3) is 5.91 Å². The van der Waals surface area contributed by atoms with E-state index in [2.05, 4.69) is 0 Å². The Kier molecular flexibility index (Phi) is 3.39. The smallest absolute Gasteiger partial charge is 0.263 e. The Morgan fingerprint density at radius 2 is 2.32 bits per heavy atom. The number of carbonyl (C=O) groups is 1. The lowest BCUT2D eigenvalue weighted by Crippen LogP contribution is -2.45. The van der Waals surface area contributed by atoms with E-state index in [-0.39, 0.29) is 11.7 Å². The van der Waals surface area contributed by atoms with E-state index in [9.17, 15) is 9.18 Å². The fourth-order valence-electron chi connectivity index (χ4n) is 2.68. The third-order valence-electron chi connectivity index (χ3n) is 3.67. The molecule has 2 fully saturated rings. The highest BCUT2D eigenvalue weighted by molar-refractivity contribution is 8.00. The van der Waals surface area contributed by atoms with Crippen LogP contribution in [0.15, 0.2) is 24.3 Å². The fourth-order valence-corrected chi connectivity index (χ4v) is 4.12. The largest absolute Gasteiger partial charge is 0.478 e. The number of fused-ring (bicyclic) bond motifs is 2. The first-order valence-corrected chi connectivity index (χ1v) is 7.53. The van der Waals surface area contributed by atoms with Gasteiger partial charge in [0.05, 0.1) is 0 Å². The molecule has 5 heteroatoms. The van der Waals surface area contributed by atoms with Crippen LogP contribution in [0, 0.1) is 5.82 Å². The topological polar surface area (TPSA) is 29.5 Å². The number of halogens is 1. The Morgan fingerprint density at radius 1 is 1.53 bits per heavy atom. The first kappa shape index (κ1) is 12.8. The molecule has 0 aliphatic carbocycles. The maximum absolute atomic E-state index is 13.5. The molecule has 0 radical (unpaired) electrons. The molecule has 1 aromatic carbocycles. The lowest BCUT2D eigenvalue weighted by atomic mass is 10.2. The summed E-state index contributed by atoms with van der Waals surface area (Å²) in [6, 6.07) is 6.52. The summed E-state index contributed by atoms with van der Waals surface area (Å²) in [6.07, 6.45) is 0.448. The molecule has 102 valence electrons. The molecule has 2 saturated heterocycles. The Labute approximate surface area is 116 Å². The van der Waals surface area contributed by atoms with E-state index in [0.29, 0.717) is 11.3 Å². The van der Waals surface area contributed by atoms with E-state index in [0.717, 1.165) is 18.7 Å². The normalized spacial score (nSPS) is 26.5. The van der Waals surface area contributed by atoms with Gasteiger partial charge in [-0.1, -0.05) is 12.1 Å². The average molecular weight is 281 g/mol. The summed E-state index contributed by atoms with van der Waals surface area (Å²) >= 11 is 1.94. The second-order valence-electron chi connectivity index (χ2n) is 5.03. The SMILES string of the molecule is C[C@H](Oc1ccccc1F)C(=O)N1C[C@H]2C[C@H]1CS2. The van der Waals surface area contributed by atoms with Gasteiger partial charge in [-0.2, -0.15) is 11.8 Å². The molecule has 3 rings (SSSR count). The minimum atomic E-state index is -0.638. The second-order valence-corrected chi connectivity index (χ2v) is 6.36. The molecule has 3 atom stereocenters. The Balaban J connectivity index is 1.66. The van der Waals surface area contributed by atoms with Crippen molar-refractivity contribution in [3.63, 3.8) is 0 Å². The van der Waals surface area contributed by atoms with E-state index in [4.69, 9.17) is 4.74 Å². The number of hydrogen-bond acceptors (Lipinski definition) is 3. The molecular formula is C14H16FNO2S. The number of hydrogen-bond donors (Lipinski definition) is 0. The first-order chi connectivity index (χ1) is 9.15. The van der Waals surface area contributed by atoms with Gasteiger partial charge in [0.1, 0.15) is 0 Å². The number of rotatable bonds is 3. The van der Waals surface area contributed by atoms with Crippen molar-refractivity contribution in [3.8, 4) is 5.75 Å².